The number of carbonyl (C=O) groups is 1. The van der Waals surface area contributed by atoms with Crippen LogP contribution in [0.3, 0.4) is 0 Å². The summed E-state index contributed by atoms with van der Waals surface area (Å²) in [7, 11) is 0. The molecule has 0 saturated carbocycles. The Morgan fingerprint density at radius 3 is 2.46 bits per heavy atom. The van der Waals surface area contributed by atoms with Gasteiger partial charge >= 0.3 is 0 Å². The van der Waals surface area contributed by atoms with Crippen molar-refractivity contribution in [2.45, 2.75) is 44.9 Å². The van der Waals surface area contributed by atoms with Crippen LogP contribution < -0.4 is 5.73 Å². The molecule has 13 heavy (non-hydrogen) atoms. The van der Waals surface area contributed by atoms with E-state index in [0.29, 0.717) is 25.0 Å². The summed E-state index contributed by atoms with van der Waals surface area (Å²) in [4.78, 5) is 11.1. The Morgan fingerprint density at radius 2 is 1.85 bits per heavy atom. The molecule has 0 saturated heterocycles. The average molecular weight is 181 g/mol. The van der Waals surface area contributed by atoms with E-state index in [2.05, 4.69) is 5.92 Å². The third-order valence-corrected chi connectivity index (χ3v) is 1.96. The maximum absolute atomic E-state index is 11.1. The Hall–Kier alpha value is -0.810. The molecule has 0 atom stereocenters. The highest BCUT2D eigenvalue weighted by atomic mass is 16.1. The van der Waals surface area contributed by atoms with Crippen LogP contribution in [0.1, 0.15) is 44.9 Å². The lowest BCUT2D eigenvalue weighted by Gasteiger charge is -1.98. The van der Waals surface area contributed by atoms with Crippen LogP contribution in [0.25, 0.3) is 0 Å². The Morgan fingerprint density at radius 1 is 1.15 bits per heavy atom. The smallest absolute Gasteiger partial charge is 0.133 e. The molecule has 0 aromatic rings. The van der Waals surface area contributed by atoms with Crippen molar-refractivity contribution in [3.63, 3.8) is 0 Å². The van der Waals surface area contributed by atoms with E-state index >= 15 is 0 Å². The maximum Gasteiger partial charge on any atom is 0.133 e. The minimum absolute atomic E-state index is 0.297. The fourth-order valence-electron chi connectivity index (χ4n) is 1.16. The predicted molar refractivity (Wildman–Crippen MR) is 55.2 cm³/mol. The molecule has 0 aromatic carbocycles. The lowest BCUT2D eigenvalue weighted by atomic mass is 10.1. The van der Waals surface area contributed by atoms with Gasteiger partial charge in [0.2, 0.25) is 0 Å². The van der Waals surface area contributed by atoms with Gasteiger partial charge in [0.25, 0.3) is 0 Å². The molecule has 0 aliphatic rings. The quantitative estimate of drug-likeness (QED) is 0.459. The number of Topliss-reactive ketones (excluding diaryl/α,β-unsaturated/α-hetero) is 1. The Kier molecular flexibility index (Phi) is 8.70. The van der Waals surface area contributed by atoms with E-state index in [-0.39, 0.29) is 0 Å². The van der Waals surface area contributed by atoms with E-state index in [1.807, 2.05) is 0 Å². The Balaban J connectivity index is 3.13. The van der Waals surface area contributed by atoms with Crippen molar-refractivity contribution in [1.29, 1.82) is 0 Å². The third kappa shape index (κ3) is 9.10. The highest BCUT2D eigenvalue weighted by Gasteiger charge is 1.99. The zero-order valence-corrected chi connectivity index (χ0v) is 8.22. The minimum Gasteiger partial charge on any atom is -0.330 e. The van der Waals surface area contributed by atoms with Crippen LogP contribution >= 0.6 is 0 Å². The molecule has 2 N–H and O–H groups in total. The van der Waals surface area contributed by atoms with Crippen LogP contribution in [-0.2, 0) is 4.79 Å². The summed E-state index contributed by atoms with van der Waals surface area (Å²) < 4.78 is 0. The van der Waals surface area contributed by atoms with E-state index < -0.39 is 0 Å². The summed E-state index contributed by atoms with van der Waals surface area (Å²) in [5.74, 6) is 2.77. The summed E-state index contributed by atoms with van der Waals surface area (Å²) in [5.41, 5.74) is 5.35. The zero-order valence-electron chi connectivity index (χ0n) is 8.22. The van der Waals surface area contributed by atoms with Crippen LogP contribution in [0.2, 0.25) is 0 Å². The summed E-state index contributed by atoms with van der Waals surface area (Å²) in [6.45, 7) is 0.755. The molecular formula is C11H19NO. The average Bonchev–Trinajstić information content (AvgIpc) is 2.14. The van der Waals surface area contributed by atoms with Gasteiger partial charge < -0.3 is 5.73 Å². The van der Waals surface area contributed by atoms with Gasteiger partial charge in [-0.05, 0) is 19.4 Å². The molecule has 0 bridgehead atoms. The molecule has 0 unspecified atom stereocenters. The Labute approximate surface area is 80.9 Å². The van der Waals surface area contributed by atoms with Gasteiger partial charge in [0.1, 0.15) is 5.78 Å². The number of ketones is 1. The fraction of sp³-hybridized carbons (Fsp3) is 0.727. The molecule has 0 heterocycles. The SMILES string of the molecule is C#CCCC(=O)CCCCCCN. The normalized spacial score (nSPS) is 9.54. The molecule has 0 rings (SSSR count). The van der Waals surface area contributed by atoms with Crippen LogP contribution in [0.15, 0.2) is 0 Å². The second-order valence-electron chi connectivity index (χ2n) is 3.20. The minimum atomic E-state index is 0.297. The molecule has 0 fully saturated rings. The number of rotatable bonds is 8. The van der Waals surface area contributed by atoms with Gasteiger partial charge in [-0.2, -0.15) is 0 Å². The van der Waals surface area contributed by atoms with Gasteiger partial charge in [0, 0.05) is 19.3 Å². The highest BCUT2D eigenvalue weighted by molar-refractivity contribution is 5.78. The molecule has 2 heteroatoms. The zero-order chi connectivity index (χ0) is 9.94. The first-order chi connectivity index (χ1) is 6.31. The summed E-state index contributed by atoms with van der Waals surface area (Å²) in [6, 6.07) is 0. The number of unbranched alkanes of at least 4 members (excludes halogenated alkanes) is 3. The molecule has 0 aliphatic heterocycles. The third-order valence-electron chi connectivity index (χ3n) is 1.96. The lowest BCUT2D eigenvalue weighted by Crippen LogP contribution is -1.99. The molecule has 2 nitrogen and oxygen atoms in total. The van der Waals surface area contributed by atoms with Crippen molar-refractivity contribution in [2.75, 3.05) is 6.54 Å². The number of terminal acetylenes is 1. The van der Waals surface area contributed by atoms with E-state index in [1.54, 1.807) is 0 Å². The van der Waals surface area contributed by atoms with E-state index in [4.69, 9.17) is 12.2 Å². The van der Waals surface area contributed by atoms with Crippen molar-refractivity contribution < 1.29 is 4.79 Å². The first kappa shape index (κ1) is 12.2. The molecule has 0 aromatic heterocycles. The van der Waals surface area contributed by atoms with Crippen LogP contribution in [0.5, 0.6) is 0 Å². The van der Waals surface area contributed by atoms with Gasteiger partial charge in [-0.1, -0.05) is 12.8 Å². The summed E-state index contributed by atoms with van der Waals surface area (Å²) in [5, 5.41) is 0. The second-order valence-corrected chi connectivity index (χ2v) is 3.20. The van der Waals surface area contributed by atoms with Crippen molar-refractivity contribution in [3.8, 4) is 12.3 Å². The van der Waals surface area contributed by atoms with Crippen molar-refractivity contribution in [3.05, 3.63) is 0 Å². The van der Waals surface area contributed by atoms with E-state index in [0.717, 1.165) is 32.2 Å². The van der Waals surface area contributed by atoms with Gasteiger partial charge in [0.15, 0.2) is 0 Å². The van der Waals surface area contributed by atoms with Crippen molar-refractivity contribution in [1.82, 2.24) is 0 Å². The van der Waals surface area contributed by atoms with Gasteiger partial charge in [-0.25, -0.2) is 0 Å². The molecule has 0 amide bonds. The topological polar surface area (TPSA) is 43.1 Å². The van der Waals surface area contributed by atoms with Crippen LogP contribution in [0.4, 0.5) is 0 Å². The first-order valence-electron chi connectivity index (χ1n) is 4.96. The Bertz CT molecular complexity index is 169. The molecule has 0 aliphatic carbocycles. The molecule has 0 radical (unpaired) electrons. The molecule has 0 spiro atoms. The first-order valence-corrected chi connectivity index (χ1v) is 4.96. The lowest BCUT2D eigenvalue weighted by molar-refractivity contribution is -0.119. The summed E-state index contributed by atoms with van der Waals surface area (Å²) in [6.07, 6.45) is 11.2. The summed E-state index contributed by atoms with van der Waals surface area (Å²) >= 11 is 0. The van der Waals surface area contributed by atoms with E-state index in [1.165, 1.54) is 0 Å². The van der Waals surface area contributed by atoms with Crippen molar-refractivity contribution >= 4 is 5.78 Å². The van der Waals surface area contributed by atoms with Gasteiger partial charge in [-0.15, -0.1) is 12.3 Å². The predicted octanol–water partition coefficient (Wildman–Crippen LogP) is 1.88. The number of carbonyl (C=O) groups excluding carboxylic acids is 1. The largest absolute Gasteiger partial charge is 0.330 e. The molecule has 74 valence electrons. The highest BCUT2D eigenvalue weighted by Crippen LogP contribution is 2.04. The van der Waals surface area contributed by atoms with Gasteiger partial charge in [-0.3, -0.25) is 4.79 Å². The number of nitrogens with two attached hydrogens (primary N) is 1. The second kappa shape index (κ2) is 9.28. The number of hydrogen-bond donors (Lipinski definition) is 1. The molecular weight excluding hydrogens is 162 g/mol. The van der Waals surface area contributed by atoms with Crippen molar-refractivity contribution in [2.24, 2.45) is 5.73 Å². The van der Waals surface area contributed by atoms with Gasteiger partial charge in [0.05, 0.1) is 0 Å². The van der Waals surface area contributed by atoms with E-state index in [9.17, 15) is 4.79 Å². The maximum atomic E-state index is 11.1. The van der Waals surface area contributed by atoms with Crippen LogP contribution in [-0.4, -0.2) is 12.3 Å². The number of hydrogen-bond acceptors (Lipinski definition) is 2. The van der Waals surface area contributed by atoms with Crippen LogP contribution in [0, 0.1) is 12.3 Å². The monoisotopic (exact) mass is 181 g/mol. The fourth-order valence-corrected chi connectivity index (χ4v) is 1.16. The standard InChI is InChI=1S/C11H19NO/c1-2-3-8-11(13)9-6-4-5-7-10-12/h1H,3-10,12H2.